The Balaban J connectivity index is 0.000000494. The number of hydrogen-bond donors (Lipinski definition) is 1. The maximum atomic E-state index is 9.25. The summed E-state index contributed by atoms with van der Waals surface area (Å²) in [5, 5.41) is 9.01. The summed E-state index contributed by atoms with van der Waals surface area (Å²) in [5.74, 6) is -0.981. The molecule has 0 aromatic heterocycles. The van der Waals surface area contributed by atoms with Gasteiger partial charge in [-0.25, -0.2) is 4.79 Å². The molecule has 0 saturated heterocycles. The summed E-state index contributed by atoms with van der Waals surface area (Å²) in [5.41, 5.74) is 0. The fourth-order valence-electron chi connectivity index (χ4n) is 1.32. The van der Waals surface area contributed by atoms with Crippen LogP contribution in [0.1, 0.15) is 0 Å². The minimum absolute atomic E-state index is 0.833. The van der Waals surface area contributed by atoms with Crippen molar-refractivity contribution in [2.45, 2.75) is 26.2 Å². The van der Waals surface area contributed by atoms with E-state index < -0.39 is 23.3 Å². The van der Waals surface area contributed by atoms with Crippen LogP contribution in [-0.2, 0) is 8.91 Å². The molecule has 3 nitrogen and oxygen atoms in total. The van der Waals surface area contributed by atoms with Gasteiger partial charge in [0.25, 0.3) is 0 Å². The van der Waals surface area contributed by atoms with Crippen LogP contribution in [0.2, 0.25) is 26.2 Å². The summed E-state index contributed by atoms with van der Waals surface area (Å²) in [6, 6.07) is 10.6. The van der Waals surface area contributed by atoms with E-state index in [4.69, 9.17) is 9.22 Å². The van der Waals surface area contributed by atoms with Crippen molar-refractivity contribution in [2.75, 3.05) is 0 Å². The summed E-state index contributed by atoms with van der Waals surface area (Å²) in [6.07, 6.45) is 0.833. The zero-order valence-corrected chi connectivity index (χ0v) is 13.7. The topological polar surface area (TPSA) is 46.5 Å². The van der Waals surface area contributed by atoms with Crippen molar-refractivity contribution >= 4 is 28.5 Å². The first kappa shape index (κ1) is 16.8. The Kier molecular flexibility index (Phi) is 7.49. The van der Waals surface area contributed by atoms with Gasteiger partial charge in [-0.3, -0.25) is 0 Å². The van der Waals surface area contributed by atoms with Gasteiger partial charge in [0.1, 0.15) is 0 Å². The SMILES string of the molecule is C=CC(=O)O.C[SiH](O[Si](C)(C)C)c1ccccc1. The molecule has 0 aliphatic rings. The molecule has 1 N–H and O–H groups in total. The van der Waals surface area contributed by atoms with Crippen LogP contribution in [0.4, 0.5) is 0 Å². The van der Waals surface area contributed by atoms with E-state index in [1.807, 2.05) is 0 Å². The highest BCUT2D eigenvalue weighted by atomic mass is 28.4. The minimum Gasteiger partial charge on any atom is -0.478 e. The van der Waals surface area contributed by atoms with Gasteiger partial charge in [0, 0.05) is 6.08 Å². The molecule has 0 amide bonds. The van der Waals surface area contributed by atoms with E-state index in [0.29, 0.717) is 0 Å². The lowest BCUT2D eigenvalue weighted by Crippen LogP contribution is -2.40. The lowest BCUT2D eigenvalue weighted by molar-refractivity contribution is -0.131. The van der Waals surface area contributed by atoms with Crippen LogP contribution >= 0.6 is 0 Å². The second kappa shape index (κ2) is 8.02. The zero-order chi connectivity index (χ0) is 14.2. The number of rotatable bonds is 4. The summed E-state index contributed by atoms with van der Waals surface area (Å²) in [4.78, 5) is 9.25. The van der Waals surface area contributed by atoms with E-state index in [2.05, 4.69) is 63.1 Å². The third kappa shape index (κ3) is 8.92. The van der Waals surface area contributed by atoms with E-state index in [0.717, 1.165) is 6.08 Å². The molecule has 0 radical (unpaired) electrons. The Morgan fingerprint density at radius 1 is 1.33 bits per heavy atom. The van der Waals surface area contributed by atoms with E-state index in [-0.39, 0.29) is 0 Å². The molecule has 0 bridgehead atoms. The van der Waals surface area contributed by atoms with Gasteiger partial charge in [0.05, 0.1) is 0 Å². The quantitative estimate of drug-likeness (QED) is 0.681. The second-order valence-electron chi connectivity index (χ2n) is 4.83. The number of carboxylic acids is 1. The van der Waals surface area contributed by atoms with E-state index >= 15 is 0 Å². The zero-order valence-electron chi connectivity index (χ0n) is 11.5. The first-order chi connectivity index (χ1) is 8.26. The van der Waals surface area contributed by atoms with Gasteiger partial charge in [0.15, 0.2) is 17.4 Å². The fraction of sp³-hybridized carbons (Fsp3) is 0.308. The molecule has 1 rings (SSSR count). The van der Waals surface area contributed by atoms with Gasteiger partial charge in [0.2, 0.25) is 0 Å². The molecule has 0 aliphatic carbocycles. The van der Waals surface area contributed by atoms with Gasteiger partial charge < -0.3 is 9.22 Å². The summed E-state index contributed by atoms with van der Waals surface area (Å²) in [7, 11) is -2.47. The third-order valence-corrected chi connectivity index (χ3v) is 7.54. The maximum Gasteiger partial charge on any atom is 0.327 e. The Labute approximate surface area is 112 Å². The molecule has 5 heteroatoms. The maximum absolute atomic E-state index is 9.25. The highest BCUT2D eigenvalue weighted by molar-refractivity contribution is 6.81. The van der Waals surface area contributed by atoms with Gasteiger partial charge in [-0.05, 0) is 31.4 Å². The van der Waals surface area contributed by atoms with Crippen LogP contribution in [0, 0.1) is 0 Å². The van der Waals surface area contributed by atoms with Crippen LogP contribution in [0.15, 0.2) is 43.0 Å². The Morgan fingerprint density at radius 3 is 2.11 bits per heavy atom. The number of aliphatic carboxylic acids is 1. The van der Waals surface area contributed by atoms with Crippen LogP contribution in [0.3, 0.4) is 0 Å². The van der Waals surface area contributed by atoms with Gasteiger partial charge >= 0.3 is 5.97 Å². The summed E-state index contributed by atoms with van der Waals surface area (Å²) in [6.45, 7) is 12.0. The van der Waals surface area contributed by atoms with Gasteiger partial charge in [-0.15, -0.1) is 0 Å². The Morgan fingerprint density at radius 2 is 1.78 bits per heavy atom. The van der Waals surface area contributed by atoms with Gasteiger partial charge in [-0.1, -0.05) is 36.9 Å². The van der Waals surface area contributed by atoms with Crippen molar-refractivity contribution in [1.82, 2.24) is 0 Å². The molecule has 0 aliphatic heterocycles. The fourth-order valence-corrected chi connectivity index (χ4v) is 6.87. The molecule has 0 saturated carbocycles. The standard InChI is InChI=1S/C10H18OSi2.C3H4O2/c1-12(11-13(2,3)4)10-8-6-5-7-9-10;1-2-3(4)5/h5-9,12H,1-4H3;2H,1H2,(H,4,5). The minimum atomic E-state index is -1.34. The number of carbonyl (C=O) groups is 1. The smallest absolute Gasteiger partial charge is 0.327 e. The molecule has 0 spiro atoms. The predicted molar refractivity (Wildman–Crippen MR) is 81.4 cm³/mol. The van der Waals surface area contributed by atoms with Crippen molar-refractivity contribution in [3.63, 3.8) is 0 Å². The molecule has 1 unspecified atom stereocenters. The molecular weight excluding hydrogens is 260 g/mol. The first-order valence-corrected chi connectivity index (χ1v) is 11.5. The van der Waals surface area contributed by atoms with Crippen LogP contribution in [0.25, 0.3) is 0 Å². The van der Waals surface area contributed by atoms with Crippen molar-refractivity contribution in [2.24, 2.45) is 0 Å². The summed E-state index contributed by atoms with van der Waals surface area (Å²) >= 11 is 0. The van der Waals surface area contributed by atoms with Crippen molar-refractivity contribution < 1.29 is 14.0 Å². The molecule has 100 valence electrons. The van der Waals surface area contributed by atoms with Gasteiger partial charge in [-0.2, -0.15) is 0 Å². The Hall–Kier alpha value is -1.18. The summed E-state index contributed by atoms with van der Waals surface area (Å²) < 4.78 is 6.10. The largest absolute Gasteiger partial charge is 0.478 e. The number of hydrogen-bond acceptors (Lipinski definition) is 2. The number of carboxylic acid groups (broad SMARTS) is 1. The monoisotopic (exact) mass is 282 g/mol. The van der Waals surface area contributed by atoms with E-state index in [9.17, 15) is 4.79 Å². The van der Waals surface area contributed by atoms with E-state index in [1.165, 1.54) is 5.19 Å². The molecule has 1 aromatic carbocycles. The van der Waals surface area contributed by atoms with Crippen LogP contribution in [0.5, 0.6) is 0 Å². The lowest BCUT2D eigenvalue weighted by Gasteiger charge is -2.23. The molecule has 1 aromatic rings. The van der Waals surface area contributed by atoms with Crippen LogP contribution < -0.4 is 5.19 Å². The molecule has 18 heavy (non-hydrogen) atoms. The van der Waals surface area contributed by atoms with Crippen molar-refractivity contribution in [3.05, 3.63) is 43.0 Å². The predicted octanol–water partition coefficient (Wildman–Crippen LogP) is 2.36. The van der Waals surface area contributed by atoms with Crippen LogP contribution in [-0.4, -0.2) is 28.4 Å². The molecule has 0 heterocycles. The molecule has 1 atom stereocenters. The molecular formula is C13H22O3Si2. The highest BCUT2D eigenvalue weighted by Gasteiger charge is 2.19. The average molecular weight is 282 g/mol. The Bertz CT molecular complexity index is 372. The highest BCUT2D eigenvalue weighted by Crippen LogP contribution is 2.04. The normalized spacial score (nSPS) is 12.0. The lowest BCUT2D eigenvalue weighted by atomic mass is 10.4. The third-order valence-electron chi connectivity index (χ3n) is 1.97. The molecule has 0 fully saturated rings. The van der Waals surface area contributed by atoms with Crippen molar-refractivity contribution in [1.29, 1.82) is 0 Å². The van der Waals surface area contributed by atoms with E-state index in [1.54, 1.807) is 0 Å². The van der Waals surface area contributed by atoms with Crippen molar-refractivity contribution in [3.8, 4) is 0 Å². The average Bonchev–Trinajstić information content (AvgIpc) is 2.29. The second-order valence-corrected chi connectivity index (χ2v) is 11.9. The number of benzene rings is 1. The first-order valence-electron chi connectivity index (χ1n) is 5.84.